The number of rotatable bonds is 7. The molecule has 12 heteroatoms. The number of urea groups is 1. The molecule has 0 fully saturated rings. The lowest BCUT2D eigenvalue weighted by atomic mass is 10.1. The topological polar surface area (TPSA) is 96.5 Å². The molecule has 3 aromatic rings. The summed E-state index contributed by atoms with van der Waals surface area (Å²) < 4.78 is 63.5. The molecule has 1 heterocycles. The number of hydrogen-bond donors (Lipinski definition) is 3. The monoisotopic (exact) mass is 485 g/mol. The molecule has 3 N–H and O–H groups in total. The average molecular weight is 486 g/mol. The second-order valence-corrected chi connectivity index (χ2v) is 8.82. The number of anilines is 2. The second kappa shape index (κ2) is 9.69. The molecule has 0 unspecified atom stereocenters. The number of hydrogen-bond acceptors (Lipinski definition) is 5. The maximum atomic E-state index is 12.9. The Balaban J connectivity index is 1.90. The molecule has 0 atom stereocenters. The number of carbonyl (C=O) groups excluding carboxylic acids is 1. The van der Waals surface area contributed by atoms with Gasteiger partial charge < -0.3 is 10.6 Å². The van der Waals surface area contributed by atoms with Crippen molar-refractivity contribution in [2.45, 2.75) is 18.0 Å². The minimum atomic E-state index is -4.56. The summed E-state index contributed by atoms with van der Waals surface area (Å²) in [5, 5.41) is 8.46. The van der Waals surface area contributed by atoms with E-state index >= 15 is 0 Å². The van der Waals surface area contributed by atoms with Crippen molar-refractivity contribution in [1.29, 1.82) is 0 Å². The standard InChI is InChI=1S/C20H18F3N3O4S2/c1-2-30-26-32(28,29)16-6-7-17(13-8-9-31-12-13)18(11-16)25-19(27)24-15-5-3-4-14(10-15)20(21,22)23/h3-12,26H,2H2,1H3,(H2,24,25,27). The first kappa shape index (κ1) is 23.7. The van der Waals surface area contributed by atoms with Crippen molar-refractivity contribution in [3.05, 3.63) is 64.9 Å². The van der Waals surface area contributed by atoms with Gasteiger partial charge in [0.05, 0.1) is 22.8 Å². The number of thiophene rings is 1. The zero-order valence-corrected chi connectivity index (χ0v) is 18.2. The lowest BCUT2D eigenvalue weighted by Crippen LogP contribution is -2.24. The molecule has 0 spiro atoms. The summed E-state index contributed by atoms with van der Waals surface area (Å²) in [6, 6.07) is 9.20. The summed E-state index contributed by atoms with van der Waals surface area (Å²) in [5.74, 6) is 0. The third-order valence-electron chi connectivity index (χ3n) is 4.14. The van der Waals surface area contributed by atoms with E-state index in [9.17, 15) is 26.4 Å². The van der Waals surface area contributed by atoms with Gasteiger partial charge in [0.25, 0.3) is 10.0 Å². The van der Waals surface area contributed by atoms with Crippen molar-refractivity contribution in [1.82, 2.24) is 4.89 Å². The van der Waals surface area contributed by atoms with Crippen molar-refractivity contribution in [3.8, 4) is 11.1 Å². The Morgan fingerprint density at radius 2 is 1.88 bits per heavy atom. The molecule has 2 amide bonds. The number of halogens is 3. The normalized spacial score (nSPS) is 11.9. The molecule has 3 rings (SSSR count). The molecule has 1 aromatic heterocycles. The second-order valence-electron chi connectivity index (χ2n) is 6.40. The first-order valence-corrected chi connectivity index (χ1v) is 11.6. The summed E-state index contributed by atoms with van der Waals surface area (Å²) >= 11 is 1.40. The Kier molecular flexibility index (Phi) is 7.19. The molecule has 7 nitrogen and oxygen atoms in total. The van der Waals surface area contributed by atoms with Gasteiger partial charge in [0.15, 0.2) is 0 Å². The van der Waals surface area contributed by atoms with Crippen LogP contribution >= 0.6 is 11.3 Å². The van der Waals surface area contributed by atoms with Crippen LogP contribution < -0.4 is 15.5 Å². The van der Waals surface area contributed by atoms with Crippen molar-refractivity contribution in [3.63, 3.8) is 0 Å². The van der Waals surface area contributed by atoms with E-state index in [1.807, 2.05) is 10.3 Å². The summed E-state index contributed by atoms with van der Waals surface area (Å²) in [5.41, 5.74) is 0.416. The van der Waals surface area contributed by atoms with Gasteiger partial charge in [0.2, 0.25) is 0 Å². The average Bonchev–Trinajstić information content (AvgIpc) is 3.26. The molecule has 2 aromatic carbocycles. The van der Waals surface area contributed by atoms with Gasteiger partial charge in [-0.1, -0.05) is 17.0 Å². The van der Waals surface area contributed by atoms with Gasteiger partial charge in [-0.2, -0.15) is 24.5 Å². The number of alkyl halides is 3. The summed E-state index contributed by atoms with van der Waals surface area (Å²) in [4.78, 5) is 19.1. The fourth-order valence-corrected chi connectivity index (χ4v) is 4.25. The lowest BCUT2D eigenvalue weighted by molar-refractivity contribution is -0.137. The van der Waals surface area contributed by atoms with Crippen LogP contribution in [0.25, 0.3) is 11.1 Å². The number of sulfonamides is 1. The Morgan fingerprint density at radius 3 is 2.53 bits per heavy atom. The van der Waals surface area contributed by atoms with Gasteiger partial charge in [-0.05, 0) is 59.6 Å². The van der Waals surface area contributed by atoms with Crippen LogP contribution in [0.15, 0.2) is 64.2 Å². The van der Waals surface area contributed by atoms with Gasteiger partial charge in [0.1, 0.15) is 0 Å². The molecule has 0 aliphatic heterocycles. The number of benzene rings is 2. The summed E-state index contributed by atoms with van der Waals surface area (Å²) in [6.45, 7) is 1.71. The van der Waals surface area contributed by atoms with Crippen LogP contribution in [0.1, 0.15) is 12.5 Å². The highest BCUT2D eigenvalue weighted by Crippen LogP contribution is 2.33. The smallest absolute Gasteiger partial charge is 0.308 e. The minimum absolute atomic E-state index is 0.0730. The van der Waals surface area contributed by atoms with Crippen LogP contribution in [0.5, 0.6) is 0 Å². The van der Waals surface area contributed by atoms with Crippen molar-refractivity contribution < 1.29 is 31.2 Å². The van der Waals surface area contributed by atoms with E-state index in [1.54, 1.807) is 18.4 Å². The Bertz CT molecular complexity index is 1200. The molecule has 0 saturated heterocycles. The van der Waals surface area contributed by atoms with E-state index in [2.05, 4.69) is 10.6 Å². The Labute approximate surface area is 186 Å². The van der Waals surface area contributed by atoms with Crippen LogP contribution in [0.3, 0.4) is 0 Å². The molecule has 0 radical (unpaired) electrons. The third-order valence-corrected chi connectivity index (χ3v) is 6.04. The van der Waals surface area contributed by atoms with Gasteiger partial charge in [-0.15, -0.1) is 0 Å². The molecule has 0 saturated carbocycles. The number of amides is 2. The van der Waals surface area contributed by atoms with Crippen LogP contribution in [-0.4, -0.2) is 21.1 Å². The van der Waals surface area contributed by atoms with Crippen LogP contribution in [0.4, 0.5) is 29.3 Å². The van der Waals surface area contributed by atoms with Crippen LogP contribution in [0, 0.1) is 0 Å². The van der Waals surface area contributed by atoms with Gasteiger partial charge >= 0.3 is 12.2 Å². The molecular weight excluding hydrogens is 467 g/mol. The SMILES string of the molecule is CCONS(=O)(=O)c1ccc(-c2ccsc2)c(NC(=O)Nc2cccc(C(F)(F)F)c2)c1. The fourth-order valence-electron chi connectivity index (χ4n) is 2.71. The Hall–Kier alpha value is -2.93. The first-order chi connectivity index (χ1) is 15.1. The van der Waals surface area contributed by atoms with Gasteiger partial charge in [0, 0.05) is 11.3 Å². The molecule has 0 aliphatic carbocycles. The van der Waals surface area contributed by atoms with Crippen molar-refractivity contribution >= 4 is 38.8 Å². The highest BCUT2D eigenvalue weighted by Gasteiger charge is 2.30. The molecule has 0 aliphatic rings. The lowest BCUT2D eigenvalue weighted by Gasteiger charge is -2.14. The maximum absolute atomic E-state index is 12.9. The van der Waals surface area contributed by atoms with E-state index in [1.165, 1.54) is 41.7 Å². The van der Waals surface area contributed by atoms with Gasteiger partial charge in [-0.3, -0.25) is 4.84 Å². The minimum Gasteiger partial charge on any atom is -0.308 e. The maximum Gasteiger partial charge on any atom is 0.416 e. The van der Waals surface area contributed by atoms with E-state index < -0.39 is 27.8 Å². The number of nitrogens with one attached hydrogen (secondary N) is 3. The van der Waals surface area contributed by atoms with E-state index in [-0.39, 0.29) is 22.9 Å². The first-order valence-electron chi connectivity index (χ1n) is 9.15. The van der Waals surface area contributed by atoms with E-state index in [4.69, 9.17) is 4.84 Å². The third kappa shape index (κ3) is 5.85. The fraction of sp³-hybridized carbons (Fsp3) is 0.150. The Morgan fingerprint density at radius 1 is 1.09 bits per heavy atom. The zero-order chi connectivity index (χ0) is 23.4. The zero-order valence-electron chi connectivity index (χ0n) is 16.6. The highest BCUT2D eigenvalue weighted by atomic mass is 32.2. The quantitative estimate of drug-likeness (QED) is 0.395. The largest absolute Gasteiger partial charge is 0.416 e. The van der Waals surface area contributed by atoms with E-state index in [0.29, 0.717) is 5.56 Å². The summed E-state index contributed by atoms with van der Waals surface area (Å²) in [7, 11) is -4.01. The predicted molar refractivity (Wildman–Crippen MR) is 116 cm³/mol. The molecule has 32 heavy (non-hydrogen) atoms. The van der Waals surface area contributed by atoms with Crippen molar-refractivity contribution in [2.75, 3.05) is 17.2 Å². The van der Waals surface area contributed by atoms with E-state index in [0.717, 1.165) is 17.7 Å². The van der Waals surface area contributed by atoms with Gasteiger partial charge in [-0.25, -0.2) is 13.2 Å². The van der Waals surface area contributed by atoms with Crippen molar-refractivity contribution in [2.24, 2.45) is 0 Å². The summed E-state index contributed by atoms with van der Waals surface area (Å²) in [6.07, 6.45) is -4.56. The van der Waals surface area contributed by atoms with Crippen LogP contribution in [-0.2, 0) is 21.0 Å². The molecule has 0 bridgehead atoms. The molecular formula is C20H18F3N3O4S2. The highest BCUT2D eigenvalue weighted by molar-refractivity contribution is 7.89. The number of carbonyl (C=O) groups is 1. The predicted octanol–water partition coefficient (Wildman–Crippen LogP) is 5.31. The molecule has 170 valence electrons. The van der Waals surface area contributed by atoms with Crippen LogP contribution in [0.2, 0.25) is 0 Å².